The summed E-state index contributed by atoms with van der Waals surface area (Å²) in [5.41, 5.74) is 0.655. The summed E-state index contributed by atoms with van der Waals surface area (Å²) >= 11 is 0. The van der Waals surface area contributed by atoms with Crippen molar-refractivity contribution in [1.82, 2.24) is 4.90 Å². The van der Waals surface area contributed by atoms with Gasteiger partial charge < -0.3 is 10.0 Å². The smallest absolute Gasteiger partial charge is 0.407 e. The van der Waals surface area contributed by atoms with Crippen molar-refractivity contribution >= 4 is 15.9 Å². The predicted octanol–water partition coefficient (Wildman–Crippen LogP) is 3.80. The number of benzene rings is 2. The SMILES string of the molecule is O=C(O)N1CCC(CS(=O)(=O)c2ccc(-c3ccc(F)cc3F)cc2)CC1. The van der Waals surface area contributed by atoms with E-state index < -0.39 is 27.6 Å². The number of rotatable bonds is 4. The maximum absolute atomic E-state index is 13.9. The van der Waals surface area contributed by atoms with E-state index in [0.29, 0.717) is 31.5 Å². The topological polar surface area (TPSA) is 74.7 Å². The zero-order chi connectivity index (χ0) is 19.6. The van der Waals surface area contributed by atoms with Crippen LogP contribution in [0.4, 0.5) is 13.6 Å². The minimum atomic E-state index is -3.53. The second-order valence-electron chi connectivity index (χ2n) is 6.64. The molecule has 3 rings (SSSR count). The van der Waals surface area contributed by atoms with E-state index in [0.717, 1.165) is 12.1 Å². The summed E-state index contributed by atoms with van der Waals surface area (Å²) in [4.78, 5) is 12.3. The molecule has 2 aromatic rings. The number of carboxylic acid groups (broad SMARTS) is 1. The minimum absolute atomic E-state index is 0.0509. The molecule has 0 bridgehead atoms. The Hall–Kier alpha value is -2.48. The Labute approximate surface area is 156 Å². The van der Waals surface area contributed by atoms with Gasteiger partial charge in [0.05, 0.1) is 10.6 Å². The first kappa shape index (κ1) is 19.3. The van der Waals surface area contributed by atoms with Crippen LogP contribution in [0.1, 0.15) is 12.8 Å². The Bertz CT molecular complexity index is 937. The summed E-state index contributed by atoms with van der Waals surface area (Å²) in [7, 11) is -3.53. The highest BCUT2D eigenvalue weighted by Crippen LogP contribution is 2.27. The highest BCUT2D eigenvalue weighted by atomic mass is 32.2. The van der Waals surface area contributed by atoms with Crippen LogP contribution in [0.2, 0.25) is 0 Å². The predicted molar refractivity (Wildman–Crippen MR) is 96.2 cm³/mol. The lowest BCUT2D eigenvalue weighted by molar-refractivity contribution is 0.127. The number of nitrogens with zero attached hydrogens (tertiary/aromatic N) is 1. The number of sulfone groups is 1. The molecule has 0 aromatic heterocycles. The normalized spacial score (nSPS) is 15.7. The van der Waals surface area contributed by atoms with Crippen LogP contribution in [-0.2, 0) is 9.84 Å². The quantitative estimate of drug-likeness (QED) is 0.855. The van der Waals surface area contributed by atoms with Crippen LogP contribution in [0.25, 0.3) is 11.1 Å². The van der Waals surface area contributed by atoms with Crippen LogP contribution in [0.5, 0.6) is 0 Å². The lowest BCUT2D eigenvalue weighted by Crippen LogP contribution is -2.39. The maximum atomic E-state index is 13.9. The van der Waals surface area contributed by atoms with Crippen LogP contribution < -0.4 is 0 Å². The molecule has 0 atom stereocenters. The lowest BCUT2D eigenvalue weighted by Gasteiger charge is -2.29. The Balaban J connectivity index is 1.71. The first-order valence-electron chi connectivity index (χ1n) is 8.52. The monoisotopic (exact) mass is 395 g/mol. The molecule has 1 N–H and O–H groups in total. The Morgan fingerprint density at radius 1 is 1.07 bits per heavy atom. The van der Waals surface area contributed by atoms with E-state index in [-0.39, 0.29) is 22.1 Å². The fourth-order valence-corrected chi connectivity index (χ4v) is 4.96. The molecule has 0 saturated carbocycles. The van der Waals surface area contributed by atoms with Crippen LogP contribution in [-0.4, -0.2) is 43.4 Å². The summed E-state index contributed by atoms with van der Waals surface area (Å²) in [6, 6.07) is 9.06. The zero-order valence-corrected chi connectivity index (χ0v) is 15.3. The first-order chi connectivity index (χ1) is 12.8. The molecule has 0 spiro atoms. The molecule has 2 aromatic carbocycles. The van der Waals surface area contributed by atoms with Crippen molar-refractivity contribution in [3.8, 4) is 11.1 Å². The minimum Gasteiger partial charge on any atom is -0.465 e. The summed E-state index contributed by atoms with van der Waals surface area (Å²) < 4.78 is 52.1. The van der Waals surface area contributed by atoms with Crippen LogP contribution in [0.3, 0.4) is 0 Å². The number of hydrogen-bond donors (Lipinski definition) is 1. The second-order valence-corrected chi connectivity index (χ2v) is 8.68. The van der Waals surface area contributed by atoms with Gasteiger partial charge in [-0.1, -0.05) is 12.1 Å². The molecule has 1 amide bonds. The molecule has 8 heteroatoms. The van der Waals surface area contributed by atoms with E-state index in [9.17, 15) is 22.0 Å². The molecule has 1 saturated heterocycles. The van der Waals surface area contributed by atoms with E-state index in [1.54, 1.807) is 0 Å². The van der Waals surface area contributed by atoms with Crippen LogP contribution in [0.15, 0.2) is 47.4 Å². The first-order valence-corrected chi connectivity index (χ1v) is 10.2. The molecule has 0 radical (unpaired) electrons. The Kier molecular flexibility index (Phi) is 5.46. The van der Waals surface area contributed by atoms with Crippen molar-refractivity contribution < 1.29 is 27.1 Å². The van der Waals surface area contributed by atoms with Crippen molar-refractivity contribution in [2.75, 3.05) is 18.8 Å². The number of amides is 1. The van der Waals surface area contributed by atoms with Gasteiger partial charge in [0.1, 0.15) is 11.6 Å². The standard InChI is InChI=1S/C19H19F2NO4S/c20-15-3-6-17(18(21)11-15)14-1-4-16(5-2-14)27(25,26)12-13-7-9-22(10-8-13)19(23)24/h1-6,11,13H,7-10,12H2,(H,23,24). The zero-order valence-electron chi connectivity index (χ0n) is 14.4. The molecule has 27 heavy (non-hydrogen) atoms. The van der Waals surface area contributed by atoms with Gasteiger partial charge in [0, 0.05) is 24.7 Å². The number of halogens is 2. The van der Waals surface area contributed by atoms with Gasteiger partial charge in [0.15, 0.2) is 9.84 Å². The Morgan fingerprint density at radius 2 is 1.70 bits per heavy atom. The number of carbonyl (C=O) groups is 1. The highest BCUT2D eigenvalue weighted by molar-refractivity contribution is 7.91. The molecule has 144 valence electrons. The van der Waals surface area contributed by atoms with Crippen LogP contribution >= 0.6 is 0 Å². The largest absolute Gasteiger partial charge is 0.465 e. The molecule has 1 aliphatic heterocycles. The molecule has 5 nitrogen and oxygen atoms in total. The lowest BCUT2D eigenvalue weighted by atomic mass is 9.99. The third kappa shape index (κ3) is 4.44. The van der Waals surface area contributed by atoms with E-state index in [1.165, 1.54) is 35.2 Å². The van der Waals surface area contributed by atoms with Gasteiger partial charge in [0.25, 0.3) is 0 Å². The number of piperidine rings is 1. The molecule has 1 aliphatic rings. The number of likely N-dealkylation sites (tertiary alicyclic amines) is 1. The fraction of sp³-hybridized carbons (Fsp3) is 0.316. The highest BCUT2D eigenvalue weighted by Gasteiger charge is 2.27. The average Bonchev–Trinajstić information content (AvgIpc) is 2.62. The van der Waals surface area contributed by atoms with Crippen molar-refractivity contribution in [2.45, 2.75) is 17.7 Å². The summed E-state index contributed by atoms with van der Waals surface area (Å²) in [6.07, 6.45) is 0.0226. The molecule has 0 unspecified atom stereocenters. The van der Waals surface area contributed by atoms with E-state index in [2.05, 4.69) is 0 Å². The summed E-state index contributed by atoms with van der Waals surface area (Å²) in [5, 5.41) is 8.95. The number of hydrogen-bond acceptors (Lipinski definition) is 3. The molecule has 1 heterocycles. The third-order valence-corrected chi connectivity index (χ3v) is 6.70. The van der Waals surface area contributed by atoms with E-state index in [1.807, 2.05) is 0 Å². The Morgan fingerprint density at radius 3 is 2.26 bits per heavy atom. The van der Waals surface area contributed by atoms with Crippen molar-refractivity contribution in [3.63, 3.8) is 0 Å². The summed E-state index contributed by atoms with van der Waals surface area (Å²) in [6.45, 7) is 0.663. The van der Waals surface area contributed by atoms with Crippen molar-refractivity contribution in [3.05, 3.63) is 54.1 Å². The van der Waals surface area contributed by atoms with Gasteiger partial charge in [-0.2, -0.15) is 0 Å². The van der Waals surface area contributed by atoms with E-state index in [4.69, 9.17) is 5.11 Å². The molecular weight excluding hydrogens is 376 g/mol. The second kappa shape index (κ2) is 7.64. The van der Waals surface area contributed by atoms with Gasteiger partial charge in [-0.3, -0.25) is 0 Å². The van der Waals surface area contributed by atoms with Crippen molar-refractivity contribution in [1.29, 1.82) is 0 Å². The van der Waals surface area contributed by atoms with E-state index >= 15 is 0 Å². The third-order valence-electron chi connectivity index (χ3n) is 4.80. The average molecular weight is 395 g/mol. The fourth-order valence-electron chi connectivity index (χ4n) is 3.26. The van der Waals surface area contributed by atoms with Crippen molar-refractivity contribution in [2.24, 2.45) is 5.92 Å². The van der Waals surface area contributed by atoms with Gasteiger partial charge >= 0.3 is 6.09 Å². The molecule has 0 aliphatic carbocycles. The van der Waals surface area contributed by atoms with Gasteiger partial charge in [-0.15, -0.1) is 0 Å². The van der Waals surface area contributed by atoms with Crippen LogP contribution in [0, 0.1) is 17.6 Å². The van der Waals surface area contributed by atoms with Gasteiger partial charge in [0.2, 0.25) is 0 Å². The summed E-state index contributed by atoms with van der Waals surface area (Å²) in [5.74, 6) is -1.54. The van der Waals surface area contributed by atoms with Gasteiger partial charge in [-0.05, 0) is 48.6 Å². The molecular formula is C19H19F2NO4S. The maximum Gasteiger partial charge on any atom is 0.407 e. The molecule has 1 fully saturated rings. The van der Waals surface area contributed by atoms with Gasteiger partial charge in [-0.25, -0.2) is 22.0 Å².